The van der Waals surface area contributed by atoms with E-state index in [0.717, 1.165) is 57.5 Å². The Morgan fingerprint density at radius 1 is 1.09 bits per heavy atom. The van der Waals surface area contributed by atoms with Crippen LogP contribution in [0.5, 0.6) is 5.75 Å². The highest BCUT2D eigenvalue weighted by Gasteiger charge is 2.33. The maximum Gasteiger partial charge on any atom is 0.192 e. The smallest absolute Gasteiger partial charge is 0.192 e. The number of para-hydroxylation sites is 1. The molecule has 6 nitrogen and oxygen atoms in total. The lowest BCUT2D eigenvalue weighted by atomic mass is 9.90. The third kappa shape index (κ3) is 6.02. The summed E-state index contributed by atoms with van der Waals surface area (Å²) >= 11 is 0. The Kier molecular flexibility index (Phi) is 7.33. The van der Waals surface area contributed by atoms with Crippen LogP contribution in [0.15, 0.2) is 53.5 Å². The Labute approximate surface area is 192 Å². The van der Waals surface area contributed by atoms with Crippen molar-refractivity contribution in [2.75, 3.05) is 32.8 Å². The van der Waals surface area contributed by atoms with Crippen molar-refractivity contribution in [1.82, 2.24) is 15.5 Å². The highest BCUT2D eigenvalue weighted by atomic mass is 16.5. The van der Waals surface area contributed by atoms with Gasteiger partial charge in [-0.1, -0.05) is 42.5 Å². The van der Waals surface area contributed by atoms with Crippen molar-refractivity contribution in [3.8, 4) is 5.75 Å². The first-order valence-corrected chi connectivity index (χ1v) is 11.7. The molecule has 2 aromatic carbocycles. The molecule has 0 aliphatic carbocycles. The minimum Gasteiger partial charge on any atom is -0.487 e. The molecule has 1 saturated heterocycles. The number of hydrogen-bond acceptors (Lipinski definition) is 4. The fourth-order valence-electron chi connectivity index (χ4n) is 4.43. The van der Waals surface area contributed by atoms with Crippen molar-refractivity contribution in [3.63, 3.8) is 0 Å². The second-order valence-electron chi connectivity index (χ2n) is 9.20. The molecule has 2 N–H and O–H groups in total. The quantitative estimate of drug-likeness (QED) is 0.532. The number of ether oxygens (including phenoxy) is 2. The normalized spacial score (nSPS) is 20.8. The summed E-state index contributed by atoms with van der Waals surface area (Å²) in [6.07, 6.45) is 0.878. The molecule has 4 rings (SSSR count). The lowest BCUT2D eigenvalue weighted by molar-refractivity contribution is 0.0342. The number of fused-ring (bicyclic) bond motifs is 1. The van der Waals surface area contributed by atoms with Crippen molar-refractivity contribution in [2.24, 2.45) is 4.99 Å². The van der Waals surface area contributed by atoms with E-state index < -0.39 is 0 Å². The van der Waals surface area contributed by atoms with E-state index >= 15 is 0 Å². The lowest BCUT2D eigenvalue weighted by Gasteiger charge is -2.38. The van der Waals surface area contributed by atoms with Crippen molar-refractivity contribution in [1.29, 1.82) is 0 Å². The van der Waals surface area contributed by atoms with Gasteiger partial charge in [0.25, 0.3) is 0 Å². The van der Waals surface area contributed by atoms with Gasteiger partial charge in [0, 0.05) is 38.2 Å². The Balaban J connectivity index is 1.45. The molecule has 32 heavy (non-hydrogen) atoms. The molecule has 0 bridgehead atoms. The molecule has 1 fully saturated rings. The van der Waals surface area contributed by atoms with E-state index in [4.69, 9.17) is 14.5 Å². The van der Waals surface area contributed by atoms with E-state index in [2.05, 4.69) is 78.8 Å². The summed E-state index contributed by atoms with van der Waals surface area (Å²) < 4.78 is 11.6. The monoisotopic (exact) mass is 436 g/mol. The average molecular weight is 437 g/mol. The number of rotatable bonds is 6. The minimum atomic E-state index is -0.225. The van der Waals surface area contributed by atoms with Gasteiger partial charge in [-0.3, -0.25) is 4.90 Å². The summed E-state index contributed by atoms with van der Waals surface area (Å²) in [7, 11) is 0. The molecule has 0 saturated carbocycles. The summed E-state index contributed by atoms with van der Waals surface area (Å²) in [5.41, 5.74) is 3.51. The number of benzene rings is 2. The van der Waals surface area contributed by atoms with Crippen LogP contribution in [0.3, 0.4) is 0 Å². The molecule has 2 aliphatic rings. The highest BCUT2D eigenvalue weighted by molar-refractivity contribution is 5.80. The fourth-order valence-corrected chi connectivity index (χ4v) is 4.43. The van der Waals surface area contributed by atoms with Crippen LogP contribution in [-0.4, -0.2) is 49.3 Å². The number of guanidine groups is 1. The molecule has 0 radical (unpaired) electrons. The second-order valence-corrected chi connectivity index (χ2v) is 9.20. The van der Waals surface area contributed by atoms with E-state index in [1.54, 1.807) is 0 Å². The van der Waals surface area contributed by atoms with Crippen LogP contribution in [-0.2, 0) is 17.8 Å². The van der Waals surface area contributed by atoms with Gasteiger partial charge in [-0.15, -0.1) is 0 Å². The molecular formula is C26H36N4O2. The first-order chi connectivity index (χ1) is 15.5. The van der Waals surface area contributed by atoms with Crippen molar-refractivity contribution >= 4 is 5.96 Å². The summed E-state index contributed by atoms with van der Waals surface area (Å²) in [6.45, 7) is 12.5. The summed E-state index contributed by atoms with van der Waals surface area (Å²) in [6, 6.07) is 17.2. The van der Waals surface area contributed by atoms with Gasteiger partial charge < -0.3 is 20.1 Å². The predicted octanol–water partition coefficient (Wildman–Crippen LogP) is 3.88. The summed E-state index contributed by atoms with van der Waals surface area (Å²) in [5.74, 6) is 1.79. The predicted molar refractivity (Wildman–Crippen MR) is 129 cm³/mol. The largest absolute Gasteiger partial charge is 0.487 e. The molecule has 2 aliphatic heterocycles. The zero-order valence-corrected chi connectivity index (χ0v) is 19.6. The molecule has 6 heteroatoms. The van der Waals surface area contributed by atoms with Crippen LogP contribution in [0.4, 0.5) is 0 Å². The first kappa shape index (κ1) is 22.6. The third-order valence-electron chi connectivity index (χ3n) is 5.95. The Morgan fingerprint density at radius 2 is 1.88 bits per heavy atom. The van der Waals surface area contributed by atoms with Gasteiger partial charge in [0.15, 0.2) is 5.96 Å². The fraction of sp³-hybridized carbons (Fsp3) is 0.500. The molecule has 172 valence electrons. The van der Waals surface area contributed by atoms with E-state index in [0.29, 0.717) is 6.54 Å². The molecule has 0 amide bonds. The number of aliphatic imine (C=N–C) groups is 1. The molecule has 0 spiro atoms. The molecule has 1 atom stereocenters. The van der Waals surface area contributed by atoms with Crippen molar-refractivity contribution in [2.45, 2.75) is 51.9 Å². The molecule has 1 unspecified atom stereocenters. The highest BCUT2D eigenvalue weighted by Crippen LogP contribution is 2.39. The lowest BCUT2D eigenvalue weighted by Crippen LogP contribution is -2.45. The van der Waals surface area contributed by atoms with Gasteiger partial charge in [-0.25, -0.2) is 4.99 Å². The van der Waals surface area contributed by atoms with Crippen LogP contribution in [0.2, 0.25) is 0 Å². The van der Waals surface area contributed by atoms with Gasteiger partial charge in [-0.2, -0.15) is 0 Å². The molecule has 2 heterocycles. The number of morpholine rings is 1. The van der Waals surface area contributed by atoms with Crippen LogP contribution < -0.4 is 15.4 Å². The minimum absolute atomic E-state index is 0.153. The summed E-state index contributed by atoms with van der Waals surface area (Å²) in [4.78, 5) is 7.35. The van der Waals surface area contributed by atoms with Crippen LogP contribution in [0.1, 0.15) is 49.9 Å². The summed E-state index contributed by atoms with van der Waals surface area (Å²) in [5, 5.41) is 7.07. The molecule has 0 aromatic heterocycles. The van der Waals surface area contributed by atoms with Crippen LogP contribution in [0, 0.1) is 0 Å². The van der Waals surface area contributed by atoms with E-state index in [1.807, 2.05) is 6.07 Å². The number of nitrogens with one attached hydrogen (secondary N) is 2. The zero-order valence-electron chi connectivity index (χ0n) is 19.6. The Hall–Kier alpha value is -2.57. The standard InChI is InChI=1S/C26H36N4O2/c1-4-27-25(29-23-17-26(2,3)32-24-11-6-5-10-22(23)24)28-18-20-8-7-9-21(16-20)19-30-12-14-31-15-13-30/h5-11,16,23H,4,12-15,17-19H2,1-3H3,(H2,27,28,29). The van der Waals surface area contributed by atoms with Crippen LogP contribution in [0.25, 0.3) is 0 Å². The van der Waals surface area contributed by atoms with Gasteiger partial charge in [0.1, 0.15) is 11.4 Å². The third-order valence-corrected chi connectivity index (χ3v) is 5.95. The van der Waals surface area contributed by atoms with Crippen molar-refractivity contribution < 1.29 is 9.47 Å². The number of nitrogens with zero attached hydrogens (tertiary/aromatic N) is 2. The second kappa shape index (κ2) is 10.4. The SMILES string of the molecule is CCNC(=NCc1cccc(CN2CCOCC2)c1)NC1CC(C)(C)Oc2ccccc21. The van der Waals surface area contributed by atoms with Gasteiger partial charge in [0.05, 0.1) is 25.8 Å². The average Bonchev–Trinajstić information content (AvgIpc) is 2.78. The van der Waals surface area contributed by atoms with Crippen molar-refractivity contribution in [3.05, 3.63) is 65.2 Å². The molecule has 2 aromatic rings. The zero-order chi connectivity index (χ0) is 22.4. The van der Waals surface area contributed by atoms with E-state index in [9.17, 15) is 0 Å². The van der Waals surface area contributed by atoms with E-state index in [1.165, 1.54) is 16.7 Å². The Morgan fingerprint density at radius 3 is 2.69 bits per heavy atom. The molecular weight excluding hydrogens is 400 g/mol. The maximum absolute atomic E-state index is 6.18. The van der Waals surface area contributed by atoms with Crippen LogP contribution >= 0.6 is 0 Å². The van der Waals surface area contributed by atoms with Gasteiger partial charge >= 0.3 is 0 Å². The van der Waals surface area contributed by atoms with Gasteiger partial charge in [-0.05, 0) is 38.0 Å². The van der Waals surface area contributed by atoms with Gasteiger partial charge in [0.2, 0.25) is 0 Å². The topological polar surface area (TPSA) is 58.1 Å². The first-order valence-electron chi connectivity index (χ1n) is 11.7. The van der Waals surface area contributed by atoms with E-state index in [-0.39, 0.29) is 11.6 Å². The Bertz CT molecular complexity index is 922. The number of hydrogen-bond donors (Lipinski definition) is 2. The maximum atomic E-state index is 6.18.